The number of carbonyl (C=O) groups is 2. The summed E-state index contributed by atoms with van der Waals surface area (Å²) in [5.74, 6) is -0.311. The highest BCUT2D eigenvalue weighted by Crippen LogP contribution is 2.11. The number of aryl methyl sites for hydroxylation is 1. The van der Waals surface area contributed by atoms with Crippen molar-refractivity contribution in [2.24, 2.45) is 0 Å². The maximum atomic E-state index is 12.2. The van der Waals surface area contributed by atoms with E-state index in [-0.39, 0.29) is 18.4 Å². The minimum absolute atomic E-state index is 0.193. The van der Waals surface area contributed by atoms with Crippen molar-refractivity contribution >= 4 is 17.7 Å². The second-order valence-corrected chi connectivity index (χ2v) is 4.61. The molecule has 0 heterocycles. The second kappa shape index (κ2) is 8.19. The van der Waals surface area contributed by atoms with Crippen LogP contribution in [0.1, 0.15) is 25.3 Å². The molecule has 1 N–H and O–H groups in total. The lowest BCUT2D eigenvalue weighted by molar-refractivity contribution is -0.140. The van der Waals surface area contributed by atoms with Crippen LogP contribution >= 0.6 is 0 Å². The molecular weight excluding hydrogens is 256 g/mol. The summed E-state index contributed by atoms with van der Waals surface area (Å²) in [4.78, 5) is 25.0. The Balaban J connectivity index is 2.61. The van der Waals surface area contributed by atoms with Gasteiger partial charge in [-0.1, -0.05) is 19.1 Å². The van der Waals surface area contributed by atoms with Gasteiger partial charge in [-0.25, -0.2) is 4.79 Å². The molecule has 0 fully saturated rings. The van der Waals surface area contributed by atoms with Gasteiger partial charge in [-0.3, -0.25) is 4.79 Å². The van der Waals surface area contributed by atoms with Crippen LogP contribution in [0.3, 0.4) is 0 Å². The Morgan fingerprint density at radius 2 is 2.05 bits per heavy atom. The summed E-state index contributed by atoms with van der Waals surface area (Å²) in [5, 5.41) is 2.84. The molecule has 2 amide bonds. The lowest BCUT2D eigenvalue weighted by atomic mass is 10.2. The Hall–Kier alpha value is -2.04. The first kappa shape index (κ1) is 16.0. The standard InChI is InChI=1S/C15H22N2O3/c1-4-9-17(10-8-14(18)20-3)15(19)16-13-7-5-6-12(2)11-13/h5-7,11H,4,8-10H2,1-3H3,(H,16,19). The highest BCUT2D eigenvalue weighted by Gasteiger charge is 2.14. The molecule has 1 rings (SSSR count). The number of anilines is 1. The molecule has 110 valence electrons. The van der Waals surface area contributed by atoms with E-state index in [4.69, 9.17) is 0 Å². The van der Waals surface area contributed by atoms with E-state index in [9.17, 15) is 9.59 Å². The van der Waals surface area contributed by atoms with Crippen molar-refractivity contribution in [1.82, 2.24) is 4.90 Å². The molecule has 0 aliphatic rings. The topological polar surface area (TPSA) is 58.6 Å². The normalized spacial score (nSPS) is 9.95. The SMILES string of the molecule is CCCN(CCC(=O)OC)C(=O)Nc1cccc(C)c1. The number of rotatable bonds is 6. The van der Waals surface area contributed by atoms with E-state index in [0.717, 1.165) is 17.7 Å². The summed E-state index contributed by atoms with van der Waals surface area (Å²) in [5.41, 5.74) is 1.84. The maximum absolute atomic E-state index is 12.2. The quantitative estimate of drug-likeness (QED) is 0.814. The smallest absolute Gasteiger partial charge is 0.321 e. The predicted molar refractivity (Wildman–Crippen MR) is 78.7 cm³/mol. The molecule has 20 heavy (non-hydrogen) atoms. The lowest BCUT2D eigenvalue weighted by Crippen LogP contribution is -2.37. The molecule has 0 spiro atoms. The van der Waals surface area contributed by atoms with Crippen LogP contribution in [0.15, 0.2) is 24.3 Å². The van der Waals surface area contributed by atoms with E-state index in [1.807, 2.05) is 38.1 Å². The fourth-order valence-electron chi connectivity index (χ4n) is 1.84. The van der Waals surface area contributed by atoms with Gasteiger partial charge in [0.15, 0.2) is 0 Å². The molecule has 0 unspecified atom stereocenters. The number of nitrogens with one attached hydrogen (secondary N) is 1. The van der Waals surface area contributed by atoms with Gasteiger partial charge >= 0.3 is 12.0 Å². The Morgan fingerprint density at radius 1 is 1.30 bits per heavy atom. The van der Waals surface area contributed by atoms with E-state index >= 15 is 0 Å². The zero-order valence-electron chi connectivity index (χ0n) is 12.3. The zero-order chi connectivity index (χ0) is 15.0. The van der Waals surface area contributed by atoms with Crippen molar-refractivity contribution < 1.29 is 14.3 Å². The number of amides is 2. The first-order valence-electron chi connectivity index (χ1n) is 6.76. The average Bonchev–Trinajstić information content (AvgIpc) is 2.42. The van der Waals surface area contributed by atoms with Crippen LogP contribution in [0.2, 0.25) is 0 Å². The van der Waals surface area contributed by atoms with Gasteiger partial charge in [0, 0.05) is 18.8 Å². The van der Waals surface area contributed by atoms with Crippen LogP contribution in [0.4, 0.5) is 10.5 Å². The monoisotopic (exact) mass is 278 g/mol. The summed E-state index contributed by atoms with van der Waals surface area (Å²) in [6, 6.07) is 7.42. The van der Waals surface area contributed by atoms with Crippen molar-refractivity contribution in [3.8, 4) is 0 Å². The molecule has 0 bridgehead atoms. The number of methoxy groups -OCH3 is 1. The van der Waals surface area contributed by atoms with Crippen molar-refractivity contribution in [2.75, 3.05) is 25.5 Å². The first-order valence-corrected chi connectivity index (χ1v) is 6.76. The summed E-state index contributed by atoms with van der Waals surface area (Å²) < 4.78 is 4.60. The van der Waals surface area contributed by atoms with Gasteiger partial charge in [-0.05, 0) is 31.0 Å². The lowest BCUT2D eigenvalue weighted by Gasteiger charge is -2.22. The van der Waals surface area contributed by atoms with Gasteiger partial charge < -0.3 is 15.0 Å². The van der Waals surface area contributed by atoms with Crippen molar-refractivity contribution in [3.63, 3.8) is 0 Å². The minimum atomic E-state index is -0.311. The number of esters is 1. The molecule has 5 heteroatoms. The predicted octanol–water partition coefficient (Wildman–Crippen LogP) is 2.80. The average molecular weight is 278 g/mol. The third-order valence-electron chi connectivity index (χ3n) is 2.86. The van der Waals surface area contributed by atoms with Crippen LogP contribution in [-0.4, -0.2) is 37.1 Å². The molecule has 0 aliphatic carbocycles. The van der Waals surface area contributed by atoms with Crippen LogP contribution in [0.25, 0.3) is 0 Å². The Bertz CT molecular complexity index is 460. The summed E-state index contributed by atoms with van der Waals surface area (Å²) >= 11 is 0. The fourth-order valence-corrected chi connectivity index (χ4v) is 1.84. The largest absolute Gasteiger partial charge is 0.469 e. The highest BCUT2D eigenvalue weighted by molar-refractivity contribution is 5.89. The second-order valence-electron chi connectivity index (χ2n) is 4.61. The Kier molecular flexibility index (Phi) is 6.56. The van der Waals surface area contributed by atoms with Crippen molar-refractivity contribution in [3.05, 3.63) is 29.8 Å². The molecule has 0 saturated carbocycles. The van der Waals surface area contributed by atoms with Crippen LogP contribution < -0.4 is 5.32 Å². The highest BCUT2D eigenvalue weighted by atomic mass is 16.5. The molecule has 0 aliphatic heterocycles. The van der Waals surface area contributed by atoms with Crippen LogP contribution in [0.5, 0.6) is 0 Å². The molecular formula is C15H22N2O3. The zero-order valence-corrected chi connectivity index (χ0v) is 12.3. The first-order chi connectivity index (χ1) is 9.56. The van der Waals surface area contributed by atoms with Crippen molar-refractivity contribution in [2.45, 2.75) is 26.7 Å². The maximum Gasteiger partial charge on any atom is 0.321 e. The van der Waals surface area contributed by atoms with Gasteiger partial charge in [0.2, 0.25) is 0 Å². The van der Waals surface area contributed by atoms with E-state index in [2.05, 4.69) is 10.1 Å². The third kappa shape index (κ3) is 5.30. The molecule has 0 aromatic heterocycles. The van der Waals surface area contributed by atoms with Crippen molar-refractivity contribution in [1.29, 1.82) is 0 Å². The number of ether oxygens (including phenoxy) is 1. The van der Waals surface area contributed by atoms with E-state index < -0.39 is 0 Å². The molecule has 0 saturated heterocycles. The number of nitrogens with zero attached hydrogens (tertiary/aromatic N) is 1. The number of urea groups is 1. The van der Waals surface area contributed by atoms with Gasteiger partial charge in [0.05, 0.1) is 13.5 Å². The summed E-state index contributed by atoms with van der Waals surface area (Å²) in [7, 11) is 1.35. The minimum Gasteiger partial charge on any atom is -0.469 e. The summed E-state index contributed by atoms with van der Waals surface area (Å²) in [6.45, 7) is 4.93. The van der Waals surface area contributed by atoms with Gasteiger partial charge in [-0.15, -0.1) is 0 Å². The molecule has 0 radical (unpaired) electrons. The summed E-state index contributed by atoms with van der Waals surface area (Å²) in [6.07, 6.45) is 1.04. The number of benzene rings is 1. The Labute approximate surface area is 119 Å². The number of hydrogen-bond donors (Lipinski definition) is 1. The molecule has 5 nitrogen and oxygen atoms in total. The van der Waals surface area contributed by atoms with E-state index in [1.165, 1.54) is 7.11 Å². The van der Waals surface area contributed by atoms with E-state index in [0.29, 0.717) is 13.1 Å². The third-order valence-corrected chi connectivity index (χ3v) is 2.86. The molecule has 0 atom stereocenters. The molecule has 1 aromatic carbocycles. The number of hydrogen-bond acceptors (Lipinski definition) is 3. The van der Waals surface area contributed by atoms with Crippen LogP contribution in [-0.2, 0) is 9.53 Å². The fraction of sp³-hybridized carbons (Fsp3) is 0.467. The Morgan fingerprint density at radius 3 is 2.65 bits per heavy atom. The van der Waals surface area contributed by atoms with E-state index in [1.54, 1.807) is 4.90 Å². The van der Waals surface area contributed by atoms with Gasteiger partial charge in [-0.2, -0.15) is 0 Å². The molecule has 1 aromatic rings. The van der Waals surface area contributed by atoms with Gasteiger partial charge in [0.25, 0.3) is 0 Å². The van der Waals surface area contributed by atoms with Gasteiger partial charge in [0.1, 0.15) is 0 Å². The number of carbonyl (C=O) groups excluding carboxylic acids is 2. The van der Waals surface area contributed by atoms with Crippen LogP contribution in [0, 0.1) is 6.92 Å².